The van der Waals surface area contributed by atoms with Crippen LogP contribution in [0.5, 0.6) is 5.75 Å². The number of hydrogen-bond acceptors (Lipinski definition) is 4. The lowest BCUT2D eigenvalue weighted by Gasteiger charge is -2.10. The van der Waals surface area contributed by atoms with Gasteiger partial charge in [-0.2, -0.15) is 9.61 Å². The molecule has 0 bridgehead atoms. The number of anilines is 1. The zero-order valence-corrected chi connectivity index (χ0v) is 12.0. The van der Waals surface area contributed by atoms with E-state index < -0.39 is 0 Å². The molecule has 0 saturated carbocycles. The first kappa shape index (κ1) is 13.4. The molecule has 0 radical (unpaired) electrons. The monoisotopic (exact) mass is 282 g/mol. The quantitative estimate of drug-likeness (QED) is 0.706. The van der Waals surface area contributed by atoms with Gasteiger partial charge in [-0.3, -0.25) is 0 Å². The van der Waals surface area contributed by atoms with Crippen LogP contribution < -0.4 is 10.1 Å². The van der Waals surface area contributed by atoms with E-state index in [2.05, 4.69) is 15.4 Å². The molecule has 3 aromatic rings. The lowest BCUT2D eigenvalue weighted by molar-refractivity contribution is 0.315. The number of nitrogens with one attached hydrogen (secondary N) is 1. The molecule has 5 heteroatoms. The lowest BCUT2D eigenvalue weighted by atomic mass is 10.3. The Kier molecular flexibility index (Phi) is 4.00. The van der Waals surface area contributed by atoms with Crippen molar-refractivity contribution in [3.05, 3.63) is 54.4 Å². The van der Waals surface area contributed by atoms with Gasteiger partial charge in [-0.15, -0.1) is 0 Å². The molecule has 1 N–H and O–H groups in total. The van der Waals surface area contributed by atoms with E-state index in [1.807, 2.05) is 53.9 Å². The third-order valence-electron chi connectivity index (χ3n) is 3.13. The molecular weight excluding hydrogens is 264 g/mol. The van der Waals surface area contributed by atoms with E-state index in [1.54, 1.807) is 6.20 Å². The standard InChI is InChI=1S/C16H18N4O/c1-13-12-16(20-15(19-13)8-10-18-20)17-9-5-11-21-14-6-3-2-4-7-14/h2-4,6-8,10,12,17H,5,9,11H2,1H3. The molecule has 0 amide bonds. The van der Waals surface area contributed by atoms with Gasteiger partial charge >= 0.3 is 0 Å². The Morgan fingerprint density at radius 1 is 1.19 bits per heavy atom. The van der Waals surface area contributed by atoms with Crippen molar-refractivity contribution in [1.82, 2.24) is 14.6 Å². The average molecular weight is 282 g/mol. The molecular formula is C16H18N4O. The molecule has 2 aromatic heterocycles. The van der Waals surface area contributed by atoms with Crippen molar-refractivity contribution < 1.29 is 4.74 Å². The Balaban J connectivity index is 1.52. The van der Waals surface area contributed by atoms with E-state index >= 15 is 0 Å². The van der Waals surface area contributed by atoms with Crippen LogP contribution in [0.1, 0.15) is 12.1 Å². The summed E-state index contributed by atoms with van der Waals surface area (Å²) in [6, 6.07) is 13.8. The van der Waals surface area contributed by atoms with Crippen molar-refractivity contribution in [1.29, 1.82) is 0 Å². The zero-order valence-electron chi connectivity index (χ0n) is 12.0. The molecule has 3 rings (SSSR count). The Morgan fingerprint density at radius 2 is 2.05 bits per heavy atom. The predicted octanol–water partition coefficient (Wildman–Crippen LogP) is 2.92. The summed E-state index contributed by atoms with van der Waals surface area (Å²) in [7, 11) is 0. The number of hydrogen-bond donors (Lipinski definition) is 1. The first-order valence-electron chi connectivity index (χ1n) is 7.06. The SMILES string of the molecule is Cc1cc(NCCCOc2ccccc2)n2nccc2n1. The highest BCUT2D eigenvalue weighted by Gasteiger charge is 2.03. The van der Waals surface area contributed by atoms with Crippen molar-refractivity contribution in [2.24, 2.45) is 0 Å². The number of rotatable bonds is 6. The van der Waals surface area contributed by atoms with E-state index in [1.165, 1.54) is 0 Å². The minimum absolute atomic E-state index is 0.684. The minimum atomic E-state index is 0.684. The summed E-state index contributed by atoms with van der Waals surface area (Å²) in [6.07, 6.45) is 2.67. The Morgan fingerprint density at radius 3 is 2.90 bits per heavy atom. The van der Waals surface area contributed by atoms with Gasteiger partial charge in [0.1, 0.15) is 11.6 Å². The fourth-order valence-electron chi connectivity index (χ4n) is 2.16. The van der Waals surface area contributed by atoms with Crippen LogP contribution in [0.2, 0.25) is 0 Å². The van der Waals surface area contributed by atoms with Crippen LogP contribution in [0.4, 0.5) is 5.82 Å². The number of para-hydroxylation sites is 1. The first-order chi connectivity index (χ1) is 10.3. The predicted molar refractivity (Wildman–Crippen MR) is 82.8 cm³/mol. The van der Waals surface area contributed by atoms with Crippen LogP contribution in [0.25, 0.3) is 5.65 Å². The molecule has 0 atom stereocenters. The summed E-state index contributed by atoms with van der Waals surface area (Å²) in [4.78, 5) is 4.42. The van der Waals surface area contributed by atoms with Crippen LogP contribution in [0, 0.1) is 6.92 Å². The molecule has 0 spiro atoms. The highest BCUT2D eigenvalue weighted by molar-refractivity contribution is 5.48. The van der Waals surface area contributed by atoms with Gasteiger partial charge in [-0.05, 0) is 25.5 Å². The Hall–Kier alpha value is -2.56. The fraction of sp³-hybridized carbons (Fsp3) is 0.250. The summed E-state index contributed by atoms with van der Waals surface area (Å²) in [6.45, 7) is 3.49. The summed E-state index contributed by atoms with van der Waals surface area (Å²) < 4.78 is 7.48. The van der Waals surface area contributed by atoms with Crippen LogP contribution >= 0.6 is 0 Å². The van der Waals surface area contributed by atoms with Crippen LogP contribution in [-0.4, -0.2) is 27.7 Å². The second kappa shape index (κ2) is 6.26. The van der Waals surface area contributed by atoms with Gasteiger partial charge in [0.15, 0.2) is 5.65 Å². The number of aryl methyl sites for hydroxylation is 1. The van der Waals surface area contributed by atoms with Crippen molar-refractivity contribution in [3.8, 4) is 5.75 Å². The smallest absolute Gasteiger partial charge is 0.157 e. The number of fused-ring (bicyclic) bond motifs is 1. The van der Waals surface area contributed by atoms with Gasteiger partial charge in [-0.1, -0.05) is 18.2 Å². The van der Waals surface area contributed by atoms with Crippen molar-refractivity contribution in [2.45, 2.75) is 13.3 Å². The van der Waals surface area contributed by atoms with Crippen LogP contribution in [-0.2, 0) is 0 Å². The van der Waals surface area contributed by atoms with Gasteiger partial charge in [0.25, 0.3) is 0 Å². The van der Waals surface area contributed by atoms with Crippen LogP contribution in [0.15, 0.2) is 48.7 Å². The van der Waals surface area contributed by atoms with Crippen LogP contribution in [0.3, 0.4) is 0 Å². The largest absolute Gasteiger partial charge is 0.494 e. The highest BCUT2D eigenvalue weighted by Crippen LogP contribution is 2.12. The van der Waals surface area contributed by atoms with E-state index in [0.717, 1.165) is 35.9 Å². The molecule has 108 valence electrons. The van der Waals surface area contributed by atoms with Crippen molar-refractivity contribution in [2.75, 3.05) is 18.5 Å². The topological polar surface area (TPSA) is 51.5 Å². The number of ether oxygens (including phenoxy) is 1. The van der Waals surface area contributed by atoms with E-state index in [0.29, 0.717) is 6.61 Å². The maximum Gasteiger partial charge on any atom is 0.157 e. The maximum absolute atomic E-state index is 5.67. The minimum Gasteiger partial charge on any atom is -0.494 e. The number of benzene rings is 1. The molecule has 0 unspecified atom stereocenters. The van der Waals surface area contributed by atoms with Gasteiger partial charge < -0.3 is 10.1 Å². The van der Waals surface area contributed by atoms with Gasteiger partial charge in [0, 0.05) is 24.4 Å². The van der Waals surface area contributed by atoms with E-state index in [4.69, 9.17) is 4.74 Å². The van der Waals surface area contributed by atoms with E-state index in [9.17, 15) is 0 Å². The number of nitrogens with zero attached hydrogens (tertiary/aromatic N) is 3. The normalized spacial score (nSPS) is 10.7. The van der Waals surface area contributed by atoms with Gasteiger partial charge in [-0.25, -0.2) is 4.98 Å². The molecule has 1 aromatic carbocycles. The third-order valence-corrected chi connectivity index (χ3v) is 3.13. The summed E-state index contributed by atoms with van der Waals surface area (Å²) in [5.41, 5.74) is 1.84. The fourth-order valence-corrected chi connectivity index (χ4v) is 2.16. The molecule has 21 heavy (non-hydrogen) atoms. The highest BCUT2D eigenvalue weighted by atomic mass is 16.5. The molecule has 0 fully saturated rings. The molecule has 2 heterocycles. The Labute approximate surface area is 123 Å². The molecule has 5 nitrogen and oxygen atoms in total. The lowest BCUT2D eigenvalue weighted by Crippen LogP contribution is -2.11. The second-order valence-corrected chi connectivity index (χ2v) is 4.83. The molecule has 0 aliphatic heterocycles. The van der Waals surface area contributed by atoms with Crippen molar-refractivity contribution in [3.63, 3.8) is 0 Å². The zero-order chi connectivity index (χ0) is 14.5. The second-order valence-electron chi connectivity index (χ2n) is 4.83. The summed E-state index contributed by atoms with van der Waals surface area (Å²) in [5.74, 6) is 1.87. The molecule has 0 saturated heterocycles. The van der Waals surface area contributed by atoms with Gasteiger partial charge in [0.05, 0.1) is 12.8 Å². The van der Waals surface area contributed by atoms with E-state index in [-0.39, 0.29) is 0 Å². The maximum atomic E-state index is 5.67. The molecule has 0 aliphatic rings. The first-order valence-corrected chi connectivity index (χ1v) is 7.06. The van der Waals surface area contributed by atoms with Gasteiger partial charge in [0.2, 0.25) is 0 Å². The third kappa shape index (κ3) is 3.31. The molecule has 0 aliphatic carbocycles. The Bertz CT molecular complexity index is 709. The summed E-state index contributed by atoms with van der Waals surface area (Å²) >= 11 is 0. The number of aromatic nitrogens is 3. The van der Waals surface area contributed by atoms with Crippen molar-refractivity contribution >= 4 is 11.5 Å². The summed E-state index contributed by atoms with van der Waals surface area (Å²) in [5, 5.41) is 7.65. The average Bonchev–Trinajstić information content (AvgIpc) is 2.96.